The highest BCUT2D eigenvalue weighted by Crippen LogP contribution is 2.50. The number of aromatic nitrogens is 1. The number of fused-ring (bicyclic) bond motifs is 13. The van der Waals surface area contributed by atoms with Crippen LogP contribution in [0, 0.1) is 62.2 Å². The van der Waals surface area contributed by atoms with Gasteiger partial charge in [-0.3, -0.25) is 33.9 Å². The molecule has 0 radical (unpaired) electrons. The average molecular weight is 1080 g/mol. The van der Waals surface area contributed by atoms with Gasteiger partial charge in [0, 0.05) is 118 Å². The zero-order chi connectivity index (χ0) is 56.9. The Labute approximate surface area is 458 Å². The van der Waals surface area contributed by atoms with Crippen molar-refractivity contribution in [3.63, 3.8) is 0 Å². The molecule has 19 nitrogen and oxygen atoms in total. The van der Waals surface area contributed by atoms with Crippen molar-refractivity contribution in [2.24, 2.45) is 46.4 Å². The second kappa shape index (κ2) is 22.9. The molecule has 6 aliphatic heterocycles. The summed E-state index contributed by atoms with van der Waals surface area (Å²) in [7, 11) is 0. The predicted molar refractivity (Wildman–Crippen MR) is 291 cm³/mol. The van der Waals surface area contributed by atoms with Gasteiger partial charge in [-0.2, -0.15) is 0 Å². The van der Waals surface area contributed by atoms with E-state index < -0.39 is 95.0 Å². The number of nitrogens with zero attached hydrogens (tertiary/aromatic N) is 5. The quantitative estimate of drug-likeness (QED) is 0.146. The molecular weight excluding hydrogens is 999 g/mol. The number of allylic oxidation sites excluding steroid dienone is 5. The molecule has 1 aliphatic carbocycles. The summed E-state index contributed by atoms with van der Waals surface area (Å²) in [6.07, 6.45) is 5.34. The van der Waals surface area contributed by atoms with E-state index in [0.717, 1.165) is 23.6 Å². The Kier molecular flexibility index (Phi) is 17.0. The number of Topliss-reactive ketones (excluding diaryl/α,β-unsaturated/α-hetero) is 2. The zero-order valence-electron chi connectivity index (χ0n) is 47.7. The largest absolute Gasteiger partial charge is 0.507 e. The van der Waals surface area contributed by atoms with Crippen molar-refractivity contribution in [3.05, 3.63) is 86.8 Å². The van der Waals surface area contributed by atoms with Gasteiger partial charge in [0.15, 0.2) is 0 Å². The molecule has 0 saturated carbocycles. The van der Waals surface area contributed by atoms with Crippen LogP contribution in [0.1, 0.15) is 137 Å². The number of amides is 2. The molecule has 78 heavy (non-hydrogen) atoms. The summed E-state index contributed by atoms with van der Waals surface area (Å²) < 4.78 is 24.4. The Morgan fingerprint density at radius 3 is 2.17 bits per heavy atom. The van der Waals surface area contributed by atoms with E-state index in [-0.39, 0.29) is 62.5 Å². The molecule has 5 N–H and O–H groups in total. The van der Waals surface area contributed by atoms with Crippen LogP contribution in [0.15, 0.2) is 57.0 Å². The van der Waals surface area contributed by atoms with Gasteiger partial charge in [-0.15, -0.1) is 0 Å². The van der Waals surface area contributed by atoms with Crippen LogP contribution in [0.25, 0.3) is 0 Å². The molecule has 2 amide bonds. The standard InChI is InChI=1S/C59H81N7O12/c1-30(2)28-64-20-18-59(19-21-64)61-47-44-45-52(71)37(10)55-46(44)56(73)58(13,77-55)75-26-17-40(31(3)4)34(7)54(76-43(68)27-42(67)66-24-22-65(23-25-66)29-41-38(11)63-78-39(41)12)36(9)51(70)35(8)50(69)32(5)15-14-16-33(6)57(74)60-49(53(45)72)48(47)62-59/h14-17,26,30-32,34-36,40,50-51,54,62,69-71H,18-25,27-29H2,1-13H3,(H,60,74)/b15-14+,26-17+,33-16-/t32-,34+,35+,36+,40+,50-,51+,54+,58-/m0/s1. The van der Waals surface area contributed by atoms with Crippen molar-refractivity contribution in [1.82, 2.24) is 30.5 Å². The lowest BCUT2D eigenvalue weighted by Crippen LogP contribution is -2.50. The summed E-state index contributed by atoms with van der Waals surface area (Å²) in [6, 6.07) is 0. The van der Waals surface area contributed by atoms with Gasteiger partial charge in [0.2, 0.25) is 11.7 Å². The van der Waals surface area contributed by atoms with E-state index >= 15 is 4.79 Å². The number of aliphatic hydroxyl groups excluding tert-OH is 2. The maximum absolute atomic E-state index is 15.1. The number of aromatic hydroxyl groups is 1. The van der Waals surface area contributed by atoms with Gasteiger partial charge in [-0.05, 0) is 51.5 Å². The number of nitrogens with one attached hydrogen (secondary N) is 2. The smallest absolute Gasteiger partial charge is 0.315 e. The van der Waals surface area contributed by atoms with Gasteiger partial charge in [0.25, 0.3) is 11.7 Å². The first kappa shape index (κ1) is 58.0. The molecule has 2 saturated heterocycles. The van der Waals surface area contributed by atoms with Crippen LogP contribution in [0.2, 0.25) is 0 Å². The Morgan fingerprint density at radius 2 is 1.54 bits per heavy atom. The maximum atomic E-state index is 15.1. The van der Waals surface area contributed by atoms with E-state index in [1.54, 1.807) is 63.8 Å². The van der Waals surface area contributed by atoms with E-state index in [1.807, 2.05) is 34.6 Å². The van der Waals surface area contributed by atoms with E-state index in [9.17, 15) is 34.5 Å². The number of hydrogen-bond donors (Lipinski definition) is 5. The highest BCUT2D eigenvalue weighted by molar-refractivity contribution is 6.34. The number of phenolic OH excluding ortho intramolecular Hbond substituents is 1. The number of aliphatic hydroxyl groups is 2. The van der Waals surface area contributed by atoms with Crippen molar-refractivity contribution >= 4 is 35.1 Å². The van der Waals surface area contributed by atoms with Crippen molar-refractivity contribution in [3.8, 4) is 11.5 Å². The summed E-state index contributed by atoms with van der Waals surface area (Å²) >= 11 is 0. The number of esters is 1. The van der Waals surface area contributed by atoms with Gasteiger partial charge in [0.1, 0.15) is 41.1 Å². The predicted octanol–water partition coefficient (Wildman–Crippen LogP) is 6.19. The number of aliphatic imine (C=N–C) groups is 1. The second-order valence-electron chi connectivity index (χ2n) is 23.7. The maximum Gasteiger partial charge on any atom is 0.315 e. The highest BCUT2D eigenvalue weighted by Gasteiger charge is 2.54. The molecule has 9 atom stereocenters. The van der Waals surface area contributed by atoms with Crippen molar-refractivity contribution in [2.75, 3.05) is 45.8 Å². The summed E-state index contributed by atoms with van der Waals surface area (Å²) in [5.41, 5.74) is 1.57. The topological polar surface area (TPSA) is 246 Å². The lowest BCUT2D eigenvalue weighted by Gasteiger charge is -2.39. The molecule has 7 aliphatic rings. The Balaban J connectivity index is 1.12. The number of piperazine rings is 1. The monoisotopic (exact) mass is 1080 g/mol. The fourth-order valence-electron chi connectivity index (χ4n) is 12.2. The molecule has 19 heteroatoms. The van der Waals surface area contributed by atoms with Crippen LogP contribution in [-0.4, -0.2) is 146 Å². The molecule has 1 aromatic heterocycles. The number of carbonyl (C=O) groups is 5. The van der Waals surface area contributed by atoms with Gasteiger partial charge < -0.3 is 54.5 Å². The Morgan fingerprint density at radius 1 is 0.859 bits per heavy atom. The minimum Gasteiger partial charge on any atom is -0.507 e. The number of carbonyl (C=O) groups excluding carboxylic acids is 5. The molecule has 7 heterocycles. The van der Waals surface area contributed by atoms with Crippen LogP contribution in [-0.2, 0) is 30.4 Å². The van der Waals surface area contributed by atoms with E-state index in [2.05, 4.69) is 39.4 Å². The molecule has 424 valence electrons. The second-order valence-corrected chi connectivity index (χ2v) is 23.7. The number of benzene rings is 1. The third kappa shape index (κ3) is 11.3. The van der Waals surface area contributed by atoms with E-state index in [1.165, 1.54) is 13.2 Å². The number of rotatable bonds is 8. The number of hydrogen-bond acceptors (Lipinski definition) is 17. The lowest BCUT2D eigenvalue weighted by molar-refractivity contribution is -0.164. The number of ether oxygens (including phenoxy) is 3. The Bertz CT molecular complexity index is 2830. The summed E-state index contributed by atoms with van der Waals surface area (Å²) in [4.78, 5) is 83.4. The van der Waals surface area contributed by atoms with E-state index in [0.29, 0.717) is 64.6 Å². The number of aryl methyl sites for hydroxylation is 2. The number of phenols is 1. The van der Waals surface area contributed by atoms with Crippen molar-refractivity contribution in [1.29, 1.82) is 0 Å². The summed E-state index contributed by atoms with van der Waals surface area (Å²) in [5, 5.41) is 46.3. The minimum atomic E-state index is -2.00. The van der Waals surface area contributed by atoms with Crippen molar-refractivity contribution in [2.45, 2.75) is 146 Å². The van der Waals surface area contributed by atoms with Crippen LogP contribution in [0.3, 0.4) is 0 Å². The summed E-state index contributed by atoms with van der Waals surface area (Å²) in [6.45, 7) is 28.8. The first-order valence-electron chi connectivity index (χ1n) is 27.8. The first-order chi connectivity index (χ1) is 36.8. The fraction of sp³-hybridized carbons (Fsp3) is 0.610. The molecule has 1 spiro atoms. The molecular formula is C59H81N7O12. The fourth-order valence-corrected chi connectivity index (χ4v) is 12.2. The lowest BCUT2D eigenvalue weighted by atomic mass is 9.74. The molecule has 9 rings (SSSR count). The Hall–Kier alpha value is -6.15. The molecule has 5 bridgehead atoms. The molecule has 2 fully saturated rings. The van der Waals surface area contributed by atoms with Gasteiger partial charge in [-0.1, -0.05) is 78.8 Å². The SMILES string of the molecule is C/C1=C/C=C/[C@H](C)[C@H](O)[C@@H](C)[C@@H](O)[C@@H](C)[C@H](OC(=O)CC(=O)N2CCN(Cc3c(C)noc3C)CC2)[C@H](C)[C@@H](C(C)C)/C=C/O[C@@]2(C)Oc3c(C)c(O)c4c(c3C2=O)C2=NC3(CCN(CC(C)C)CC3)NC2=C(NC1=O)C4=O. The minimum absolute atomic E-state index is 0.0142. The number of piperidine rings is 1. The third-order valence-electron chi connectivity index (χ3n) is 17.1. The van der Waals surface area contributed by atoms with Gasteiger partial charge in [-0.25, -0.2) is 0 Å². The molecule has 1 aromatic carbocycles. The highest BCUT2D eigenvalue weighted by atomic mass is 16.7. The van der Waals surface area contributed by atoms with Crippen molar-refractivity contribution < 1.29 is 58.0 Å². The van der Waals surface area contributed by atoms with Crippen LogP contribution < -0.4 is 15.4 Å². The first-order valence-corrected chi connectivity index (χ1v) is 27.8. The van der Waals surface area contributed by atoms with Gasteiger partial charge >= 0.3 is 11.8 Å². The zero-order valence-corrected chi connectivity index (χ0v) is 47.7. The molecule has 0 unspecified atom stereocenters. The summed E-state index contributed by atoms with van der Waals surface area (Å²) in [5.74, 6) is -7.42. The molecule has 2 aromatic rings. The van der Waals surface area contributed by atoms with E-state index in [4.69, 9.17) is 23.7 Å². The number of likely N-dealkylation sites (tertiary alicyclic amines) is 1. The number of ketones is 2. The van der Waals surface area contributed by atoms with Gasteiger partial charge in [0.05, 0.1) is 46.7 Å². The van der Waals surface area contributed by atoms with Crippen LogP contribution in [0.5, 0.6) is 11.5 Å². The van der Waals surface area contributed by atoms with Crippen LogP contribution >= 0.6 is 0 Å². The normalized spacial score (nSPS) is 30.6. The third-order valence-corrected chi connectivity index (χ3v) is 17.1. The van der Waals surface area contributed by atoms with Crippen LogP contribution in [0.4, 0.5) is 0 Å². The average Bonchev–Trinajstić information content (AvgIpc) is 4.24.